The molecule has 0 unspecified atom stereocenters. The van der Waals surface area contributed by atoms with Crippen molar-refractivity contribution in [3.05, 3.63) is 51.2 Å². The summed E-state index contributed by atoms with van der Waals surface area (Å²) in [6.45, 7) is 2.07. The van der Waals surface area contributed by atoms with Crippen LogP contribution in [0.1, 0.15) is 19.8 Å². The minimum atomic E-state index is -0.729. The maximum absolute atomic E-state index is 12.7. The Bertz CT molecular complexity index is 1120. The number of rotatable bonds is 7. The van der Waals surface area contributed by atoms with Gasteiger partial charge in [0, 0.05) is 19.2 Å². The summed E-state index contributed by atoms with van der Waals surface area (Å²) in [6.07, 6.45) is 1.55. The first-order chi connectivity index (χ1) is 13.9. The first kappa shape index (κ1) is 20.0. The minimum Gasteiger partial charge on any atom is -0.383 e. The number of hydrogen-bond acceptors (Lipinski definition) is 7. The number of anilines is 2. The molecule has 1 aromatic carbocycles. The van der Waals surface area contributed by atoms with Crippen LogP contribution in [0.3, 0.4) is 0 Å². The Balaban J connectivity index is 1.83. The SMILES string of the molecule is CCCCn1c(N)c(N(C)C(=O)Cn2nnc(-c3ccccc3)n2)c(=O)[nH]c1=O. The van der Waals surface area contributed by atoms with Crippen molar-refractivity contribution in [2.24, 2.45) is 0 Å². The fraction of sp³-hybridized carbons (Fsp3) is 0.333. The molecule has 0 fully saturated rings. The van der Waals surface area contributed by atoms with E-state index in [0.717, 1.165) is 21.7 Å². The largest absolute Gasteiger partial charge is 0.383 e. The molecular formula is C18H22N8O3. The summed E-state index contributed by atoms with van der Waals surface area (Å²) >= 11 is 0. The number of hydrogen-bond donors (Lipinski definition) is 2. The Morgan fingerprint density at radius 2 is 1.97 bits per heavy atom. The van der Waals surface area contributed by atoms with Crippen molar-refractivity contribution in [1.82, 2.24) is 29.8 Å². The number of nitrogens with one attached hydrogen (secondary N) is 1. The maximum atomic E-state index is 12.7. The lowest BCUT2D eigenvalue weighted by Gasteiger charge is -2.20. The van der Waals surface area contributed by atoms with Crippen LogP contribution in [-0.4, -0.2) is 42.7 Å². The molecule has 0 aliphatic rings. The van der Waals surface area contributed by atoms with Gasteiger partial charge in [-0.1, -0.05) is 43.7 Å². The fourth-order valence-corrected chi connectivity index (χ4v) is 2.80. The number of H-pyrrole nitrogens is 1. The Morgan fingerprint density at radius 1 is 1.24 bits per heavy atom. The van der Waals surface area contributed by atoms with Crippen molar-refractivity contribution < 1.29 is 4.79 Å². The summed E-state index contributed by atoms with van der Waals surface area (Å²) in [6, 6.07) is 9.22. The van der Waals surface area contributed by atoms with Crippen molar-refractivity contribution in [3.8, 4) is 11.4 Å². The topological polar surface area (TPSA) is 145 Å². The summed E-state index contributed by atoms with van der Waals surface area (Å²) in [5.74, 6) is -0.161. The summed E-state index contributed by atoms with van der Waals surface area (Å²) in [5.41, 5.74) is 5.38. The molecule has 2 heterocycles. The number of likely N-dealkylation sites (N-methyl/N-ethyl adjacent to an activating group) is 1. The van der Waals surface area contributed by atoms with E-state index in [1.807, 2.05) is 37.3 Å². The van der Waals surface area contributed by atoms with E-state index in [0.29, 0.717) is 18.8 Å². The van der Waals surface area contributed by atoms with Crippen LogP contribution < -0.4 is 21.9 Å². The molecular weight excluding hydrogens is 376 g/mol. The molecule has 3 N–H and O–H groups in total. The molecule has 0 spiro atoms. The Labute approximate surface area is 165 Å². The van der Waals surface area contributed by atoms with Crippen LogP contribution in [0.25, 0.3) is 11.4 Å². The van der Waals surface area contributed by atoms with Gasteiger partial charge < -0.3 is 10.6 Å². The lowest BCUT2D eigenvalue weighted by Crippen LogP contribution is -2.40. The van der Waals surface area contributed by atoms with Crippen LogP contribution >= 0.6 is 0 Å². The number of carbonyl (C=O) groups is 1. The van der Waals surface area contributed by atoms with Gasteiger partial charge in [-0.2, -0.15) is 4.80 Å². The highest BCUT2D eigenvalue weighted by molar-refractivity contribution is 5.94. The fourth-order valence-electron chi connectivity index (χ4n) is 2.80. The van der Waals surface area contributed by atoms with Gasteiger partial charge in [-0.05, 0) is 11.6 Å². The molecule has 11 heteroatoms. The van der Waals surface area contributed by atoms with E-state index in [9.17, 15) is 14.4 Å². The van der Waals surface area contributed by atoms with Crippen LogP contribution in [0.15, 0.2) is 39.9 Å². The van der Waals surface area contributed by atoms with Crippen molar-refractivity contribution >= 4 is 17.4 Å². The van der Waals surface area contributed by atoms with E-state index in [2.05, 4.69) is 20.4 Å². The molecule has 0 bridgehead atoms. The predicted octanol–water partition coefficient (Wildman–Crippen LogP) is 0.235. The number of aromatic nitrogens is 6. The second-order valence-corrected chi connectivity index (χ2v) is 6.46. The van der Waals surface area contributed by atoms with Gasteiger partial charge in [-0.25, -0.2) is 4.79 Å². The zero-order valence-corrected chi connectivity index (χ0v) is 16.2. The predicted molar refractivity (Wildman–Crippen MR) is 107 cm³/mol. The van der Waals surface area contributed by atoms with Crippen LogP contribution in [0.2, 0.25) is 0 Å². The van der Waals surface area contributed by atoms with Crippen molar-refractivity contribution in [2.75, 3.05) is 17.7 Å². The molecule has 3 rings (SSSR count). The van der Waals surface area contributed by atoms with Crippen LogP contribution in [-0.2, 0) is 17.9 Å². The van der Waals surface area contributed by atoms with Gasteiger partial charge in [0.1, 0.15) is 12.4 Å². The van der Waals surface area contributed by atoms with Gasteiger partial charge in [-0.15, -0.1) is 10.2 Å². The molecule has 0 saturated carbocycles. The highest BCUT2D eigenvalue weighted by atomic mass is 16.2. The number of nitrogens with two attached hydrogens (primary N) is 1. The van der Waals surface area contributed by atoms with Gasteiger partial charge in [-0.3, -0.25) is 19.1 Å². The standard InChI is InChI=1S/C18H22N8O3/c1-3-4-10-25-15(19)14(17(28)20-18(25)29)24(2)13(27)11-26-22-16(21-23-26)12-8-6-5-7-9-12/h5-9H,3-4,10-11,19H2,1-2H3,(H,20,28,29). The Kier molecular flexibility index (Phi) is 5.86. The Morgan fingerprint density at radius 3 is 2.66 bits per heavy atom. The normalized spacial score (nSPS) is 10.8. The number of nitrogen functional groups attached to an aromatic ring is 1. The van der Waals surface area contributed by atoms with Gasteiger partial charge in [0.15, 0.2) is 5.69 Å². The third kappa shape index (κ3) is 4.23. The smallest absolute Gasteiger partial charge is 0.330 e. The average Bonchev–Trinajstić information content (AvgIpc) is 3.16. The molecule has 29 heavy (non-hydrogen) atoms. The van der Waals surface area contributed by atoms with Gasteiger partial charge in [0.05, 0.1) is 0 Å². The third-order valence-electron chi connectivity index (χ3n) is 4.42. The van der Waals surface area contributed by atoms with Crippen molar-refractivity contribution in [3.63, 3.8) is 0 Å². The first-order valence-corrected chi connectivity index (χ1v) is 9.14. The first-order valence-electron chi connectivity index (χ1n) is 9.14. The number of unbranched alkanes of at least 4 members (excludes halogenated alkanes) is 1. The molecule has 11 nitrogen and oxygen atoms in total. The van der Waals surface area contributed by atoms with E-state index in [4.69, 9.17) is 5.73 Å². The van der Waals surface area contributed by atoms with E-state index in [1.165, 1.54) is 11.6 Å². The molecule has 2 aromatic heterocycles. The molecule has 152 valence electrons. The summed E-state index contributed by atoms with van der Waals surface area (Å²) in [4.78, 5) is 41.4. The Hall–Kier alpha value is -3.76. The van der Waals surface area contributed by atoms with Crippen LogP contribution in [0.4, 0.5) is 11.5 Å². The highest BCUT2D eigenvalue weighted by Crippen LogP contribution is 2.16. The molecule has 1 amide bonds. The summed E-state index contributed by atoms with van der Waals surface area (Å²) in [5, 5.41) is 12.0. The lowest BCUT2D eigenvalue weighted by molar-refractivity contribution is -0.119. The van der Waals surface area contributed by atoms with Crippen molar-refractivity contribution in [1.29, 1.82) is 0 Å². The maximum Gasteiger partial charge on any atom is 0.330 e. The number of aromatic amines is 1. The van der Waals surface area contributed by atoms with E-state index in [1.54, 1.807) is 0 Å². The molecule has 0 radical (unpaired) electrons. The van der Waals surface area contributed by atoms with Gasteiger partial charge in [0.25, 0.3) is 11.5 Å². The monoisotopic (exact) mass is 398 g/mol. The number of amides is 1. The number of nitrogens with zero attached hydrogens (tertiary/aromatic N) is 6. The molecule has 3 aromatic rings. The van der Waals surface area contributed by atoms with E-state index < -0.39 is 17.2 Å². The lowest BCUT2D eigenvalue weighted by atomic mass is 10.2. The summed E-state index contributed by atoms with van der Waals surface area (Å²) < 4.78 is 1.26. The van der Waals surface area contributed by atoms with E-state index >= 15 is 0 Å². The zero-order chi connectivity index (χ0) is 21.0. The second-order valence-electron chi connectivity index (χ2n) is 6.46. The third-order valence-corrected chi connectivity index (χ3v) is 4.42. The molecule has 0 aliphatic carbocycles. The highest BCUT2D eigenvalue weighted by Gasteiger charge is 2.22. The van der Waals surface area contributed by atoms with Crippen LogP contribution in [0, 0.1) is 0 Å². The van der Waals surface area contributed by atoms with Crippen LogP contribution in [0.5, 0.6) is 0 Å². The second kappa shape index (κ2) is 8.50. The number of carbonyl (C=O) groups excluding carboxylic acids is 1. The quantitative estimate of drug-likeness (QED) is 0.580. The van der Waals surface area contributed by atoms with Crippen molar-refractivity contribution in [2.45, 2.75) is 32.9 Å². The molecule has 0 aliphatic heterocycles. The molecule has 0 saturated heterocycles. The number of tetrazole rings is 1. The number of benzene rings is 1. The van der Waals surface area contributed by atoms with E-state index in [-0.39, 0.29) is 18.1 Å². The average molecular weight is 398 g/mol. The molecule has 0 atom stereocenters. The van der Waals surface area contributed by atoms with Gasteiger partial charge >= 0.3 is 5.69 Å². The summed E-state index contributed by atoms with van der Waals surface area (Å²) in [7, 11) is 1.41. The van der Waals surface area contributed by atoms with Gasteiger partial charge in [0.2, 0.25) is 5.82 Å². The zero-order valence-electron chi connectivity index (χ0n) is 16.2. The minimum absolute atomic E-state index is 0.0559.